The van der Waals surface area contributed by atoms with Gasteiger partial charge >= 0.3 is 0 Å². The predicted molar refractivity (Wildman–Crippen MR) is 55.9 cm³/mol. The van der Waals surface area contributed by atoms with Crippen molar-refractivity contribution < 1.29 is 17.6 Å². The van der Waals surface area contributed by atoms with Crippen LogP contribution >= 0.6 is 0 Å². The van der Waals surface area contributed by atoms with Crippen LogP contribution in [-0.2, 0) is 14.8 Å². The van der Waals surface area contributed by atoms with Gasteiger partial charge in [0.2, 0.25) is 10.0 Å². The Labute approximate surface area is 89.5 Å². The van der Waals surface area contributed by atoms with Crippen molar-refractivity contribution in [2.24, 2.45) is 0 Å². The first kappa shape index (κ1) is 12.2. The van der Waals surface area contributed by atoms with Crippen molar-refractivity contribution in [2.45, 2.75) is 13.0 Å². The SMILES string of the molecule is CCS(=O)(=O)NCC(OC)c1ccco1. The van der Waals surface area contributed by atoms with Crippen LogP contribution in [0.2, 0.25) is 0 Å². The number of hydrogen-bond acceptors (Lipinski definition) is 4. The zero-order valence-electron chi connectivity index (χ0n) is 8.76. The topological polar surface area (TPSA) is 68.5 Å². The average Bonchev–Trinajstić information content (AvgIpc) is 2.72. The Kier molecular flexibility index (Phi) is 4.31. The van der Waals surface area contributed by atoms with E-state index in [0.29, 0.717) is 5.76 Å². The number of ether oxygens (including phenoxy) is 1. The molecule has 0 amide bonds. The standard InChI is InChI=1S/C9H15NO4S/c1-3-15(11,12)10-7-9(13-2)8-5-4-6-14-8/h4-6,9-10H,3,7H2,1-2H3. The maximum atomic E-state index is 11.2. The van der Waals surface area contributed by atoms with Crippen LogP contribution < -0.4 is 4.72 Å². The van der Waals surface area contributed by atoms with E-state index in [9.17, 15) is 8.42 Å². The van der Waals surface area contributed by atoms with E-state index in [-0.39, 0.29) is 18.4 Å². The summed E-state index contributed by atoms with van der Waals surface area (Å²) in [6.45, 7) is 1.76. The van der Waals surface area contributed by atoms with Crippen LogP contribution in [0.15, 0.2) is 22.8 Å². The van der Waals surface area contributed by atoms with Crippen molar-refractivity contribution in [3.05, 3.63) is 24.2 Å². The van der Waals surface area contributed by atoms with Crippen molar-refractivity contribution in [3.63, 3.8) is 0 Å². The summed E-state index contributed by atoms with van der Waals surface area (Å²) in [5, 5.41) is 0. The molecule has 6 heteroatoms. The van der Waals surface area contributed by atoms with Crippen LogP contribution in [0.5, 0.6) is 0 Å². The number of hydrogen-bond donors (Lipinski definition) is 1. The molecule has 0 fully saturated rings. The fraction of sp³-hybridized carbons (Fsp3) is 0.556. The van der Waals surface area contributed by atoms with E-state index < -0.39 is 10.0 Å². The highest BCUT2D eigenvalue weighted by molar-refractivity contribution is 7.89. The minimum Gasteiger partial charge on any atom is -0.467 e. The molecule has 1 aromatic rings. The van der Waals surface area contributed by atoms with Gasteiger partial charge in [0.1, 0.15) is 11.9 Å². The molecule has 1 atom stereocenters. The van der Waals surface area contributed by atoms with Crippen molar-refractivity contribution in [2.75, 3.05) is 19.4 Å². The molecule has 1 N–H and O–H groups in total. The van der Waals surface area contributed by atoms with E-state index in [1.165, 1.54) is 13.4 Å². The van der Waals surface area contributed by atoms with Crippen molar-refractivity contribution in [3.8, 4) is 0 Å². The molecule has 0 bridgehead atoms. The van der Waals surface area contributed by atoms with Crippen LogP contribution in [0, 0.1) is 0 Å². The number of furan rings is 1. The van der Waals surface area contributed by atoms with Gasteiger partial charge in [0.15, 0.2) is 0 Å². The highest BCUT2D eigenvalue weighted by Crippen LogP contribution is 2.15. The number of sulfonamides is 1. The Morgan fingerprint density at radius 3 is 2.80 bits per heavy atom. The summed E-state index contributed by atoms with van der Waals surface area (Å²) in [4.78, 5) is 0. The molecular formula is C9H15NO4S. The minimum absolute atomic E-state index is 0.0571. The molecule has 0 aromatic carbocycles. The molecule has 0 aliphatic heterocycles. The van der Waals surface area contributed by atoms with Gasteiger partial charge in [-0.1, -0.05) is 0 Å². The molecule has 0 spiro atoms. The summed E-state index contributed by atoms with van der Waals surface area (Å²) in [5.74, 6) is 0.665. The summed E-state index contributed by atoms with van der Waals surface area (Å²) in [5.41, 5.74) is 0. The van der Waals surface area contributed by atoms with Crippen LogP contribution in [-0.4, -0.2) is 27.8 Å². The Morgan fingerprint density at radius 1 is 1.60 bits per heavy atom. The second-order valence-electron chi connectivity index (χ2n) is 2.99. The maximum absolute atomic E-state index is 11.2. The molecule has 0 saturated heterocycles. The Hall–Kier alpha value is -0.850. The molecule has 15 heavy (non-hydrogen) atoms. The Balaban J connectivity index is 2.56. The molecule has 1 rings (SSSR count). The predicted octanol–water partition coefficient (Wildman–Crippen LogP) is 0.906. The average molecular weight is 233 g/mol. The second-order valence-corrected chi connectivity index (χ2v) is 5.09. The van der Waals surface area contributed by atoms with Gasteiger partial charge in [0.25, 0.3) is 0 Å². The van der Waals surface area contributed by atoms with Gasteiger partial charge in [0.05, 0.1) is 12.0 Å². The molecule has 1 heterocycles. The maximum Gasteiger partial charge on any atom is 0.211 e. The zero-order valence-corrected chi connectivity index (χ0v) is 9.58. The van der Waals surface area contributed by atoms with Crippen LogP contribution in [0.1, 0.15) is 18.8 Å². The van der Waals surface area contributed by atoms with Crippen molar-refractivity contribution in [1.29, 1.82) is 0 Å². The van der Waals surface area contributed by atoms with Gasteiger partial charge < -0.3 is 9.15 Å². The molecule has 0 aliphatic carbocycles. The third-order valence-electron chi connectivity index (χ3n) is 2.01. The lowest BCUT2D eigenvalue weighted by molar-refractivity contribution is 0.0878. The molecule has 5 nitrogen and oxygen atoms in total. The lowest BCUT2D eigenvalue weighted by Crippen LogP contribution is -2.30. The molecule has 0 saturated carbocycles. The van der Waals surface area contributed by atoms with E-state index in [2.05, 4.69) is 4.72 Å². The molecule has 1 aromatic heterocycles. The minimum atomic E-state index is -3.19. The number of nitrogens with one attached hydrogen (secondary N) is 1. The third-order valence-corrected chi connectivity index (χ3v) is 3.38. The van der Waals surface area contributed by atoms with E-state index in [1.54, 1.807) is 19.1 Å². The monoisotopic (exact) mass is 233 g/mol. The first-order chi connectivity index (χ1) is 7.09. The largest absolute Gasteiger partial charge is 0.467 e. The van der Waals surface area contributed by atoms with E-state index in [1.807, 2.05) is 0 Å². The zero-order chi connectivity index (χ0) is 11.3. The third kappa shape index (κ3) is 3.65. The van der Waals surface area contributed by atoms with Gasteiger partial charge in [0, 0.05) is 13.7 Å². The fourth-order valence-electron chi connectivity index (χ4n) is 1.08. The normalized spacial score (nSPS) is 14.0. The van der Waals surface area contributed by atoms with Gasteiger partial charge in [-0.2, -0.15) is 0 Å². The van der Waals surface area contributed by atoms with E-state index in [0.717, 1.165) is 0 Å². The van der Waals surface area contributed by atoms with Gasteiger partial charge in [-0.3, -0.25) is 0 Å². The van der Waals surface area contributed by atoms with Crippen LogP contribution in [0.4, 0.5) is 0 Å². The summed E-state index contributed by atoms with van der Waals surface area (Å²) in [7, 11) is -1.68. The van der Waals surface area contributed by atoms with Gasteiger partial charge in [-0.25, -0.2) is 13.1 Å². The fourth-order valence-corrected chi connectivity index (χ4v) is 1.69. The Bertz CT molecular complexity index is 371. The van der Waals surface area contributed by atoms with Crippen LogP contribution in [0.25, 0.3) is 0 Å². The van der Waals surface area contributed by atoms with E-state index in [4.69, 9.17) is 9.15 Å². The summed E-state index contributed by atoms with van der Waals surface area (Å²) >= 11 is 0. The van der Waals surface area contributed by atoms with Crippen molar-refractivity contribution in [1.82, 2.24) is 4.72 Å². The second kappa shape index (κ2) is 5.29. The summed E-state index contributed by atoms with van der Waals surface area (Å²) in [6, 6.07) is 3.48. The summed E-state index contributed by atoms with van der Waals surface area (Å²) in [6.07, 6.45) is 1.14. The van der Waals surface area contributed by atoms with Crippen molar-refractivity contribution >= 4 is 10.0 Å². The van der Waals surface area contributed by atoms with Gasteiger partial charge in [-0.15, -0.1) is 0 Å². The molecular weight excluding hydrogens is 218 g/mol. The quantitative estimate of drug-likeness (QED) is 0.792. The molecule has 0 aliphatic rings. The van der Waals surface area contributed by atoms with Crippen LogP contribution in [0.3, 0.4) is 0 Å². The molecule has 0 radical (unpaired) electrons. The lowest BCUT2D eigenvalue weighted by atomic mass is 10.3. The summed E-state index contributed by atoms with van der Waals surface area (Å²) < 4.78 is 35.1. The molecule has 1 unspecified atom stereocenters. The Morgan fingerprint density at radius 2 is 2.33 bits per heavy atom. The van der Waals surface area contributed by atoms with Gasteiger partial charge in [-0.05, 0) is 19.1 Å². The van der Waals surface area contributed by atoms with E-state index >= 15 is 0 Å². The first-order valence-electron chi connectivity index (χ1n) is 4.62. The number of rotatable bonds is 6. The molecule has 86 valence electrons. The number of methoxy groups -OCH3 is 1. The highest BCUT2D eigenvalue weighted by Gasteiger charge is 2.16. The first-order valence-corrected chi connectivity index (χ1v) is 6.28. The smallest absolute Gasteiger partial charge is 0.211 e. The lowest BCUT2D eigenvalue weighted by Gasteiger charge is -2.13. The highest BCUT2D eigenvalue weighted by atomic mass is 32.2.